The molecule has 5 nitrogen and oxygen atoms in total. The van der Waals surface area contributed by atoms with E-state index in [9.17, 15) is 5.11 Å². The molecule has 1 aromatic carbocycles. The van der Waals surface area contributed by atoms with Crippen molar-refractivity contribution in [3.63, 3.8) is 0 Å². The summed E-state index contributed by atoms with van der Waals surface area (Å²) in [5, 5.41) is 15.8. The smallest absolute Gasteiger partial charge is 0.216 e. The molecule has 1 N–H and O–H groups in total. The largest absolute Gasteiger partial charge is 0.481 e. The maximum absolute atomic E-state index is 10.6. The van der Waals surface area contributed by atoms with E-state index in [0.717, 1.165) is 42.1 Å². The van der Waals surface area contributed by atoms with Crippen LogP contribution in [0.5, 0.6) is 5.88 Å². The van der Waals surface area contributed by atoms with Crippen LogP contribution in [-0.4, -0.2) is 40.0 Å². The van der Waals surface area contributed by atoms with Gasteiger partial charge in [0, 0.05) is 30.2 Å². The molecule has 1 fully saturated rings. The van der Waals surface area contributed by atoms with Crippen molar-refractivity contribution in [2.75, 3.05) is 20.2 Å². The molecule has 0 aliphatic carbocycles. The first-order valence-corrected chi connectivity index (χ1v) is 8.64. The Labute approximate surface area is 147 Å². The van der Waals surface area contributed by atoms with Crippen LogP contribution in [0.1, 0.15) is 41.8 Å². The van der Waals surface area contributed by atoms with E-state index in [1.54, 1.807) is 11.8 Å². The molecule has 1 aromatic heterocycles. The molecule has 0 spiro atoms. The van der Waals surface area contributed by atoms with Crippen LogP contribution in [0.15, 0.2) is 24.3 Å². The Morgan fingerprint density at radius 3 is 2.88 bits per heavy atom. The number of ether oxygens (including phenoxy) is 1. The number of rotatable bonds is 5. The van der Waals surface area contributed by atoms with E-state index in [2.05, 4.69) is 10.00 Å². The van der Waals surface area contributed by atoms with Gasteiger partial charge in [0.2, 0.25) is 5.88 Å². The van der Waals surface area contributed by atoms with Crippen molar-refractivity contribution in [2.45, 2.75) is 31.9 Å². The van der Waals surface area contributed by atoms with Crippen LogP contribution in [0.3, 0.4) is 0 Å². The number of aryl methyl sites for hydroxylation is 2. The highest BCUT2D eigenvalue weighted by Gasteiger charge is 2.33. The first-order chi connectivity index (χ1) is 11.5. The summed E-state index contributed by atoms with van der Waals surface area (Å²) < 4.78 is 7.34. The monoisotopic (exact) mass is 349 g/mol. The average molecular weight is 350 g/mol. The number of aliphatic hydroxyl groups excluding tert-OH is 1. The summed E-state index contributed by atoms with van der Waals surface area (Å²) in [5.41, 5.74) is 2.89. The van der Waals surface area contributed by atoms with Gasteiger partial charge in [-0.1, -0.05) is 29.8 Å². The van der Waals surface area contributed by atoms with Gasteiger partial charge >= 0.3 is 0 Å². The highest BCUT2D eigenvalue weighted by atomic mass is 35.5. The SMILES string of the molecule is COc1c([C@@H]2CCCN2C[C@@H](O)c2ccccc2Cl)c(C)nn1C. The van der Waals surface area contributed by atoms with Gasteiger partial charge in [0.1, 0.15) is 0 Å². The van der Waals surface area contributed by atoms with Gasteiger partial charge in [-0.3, -0.25) is 4.90 Å². The molecule has 3 rings (SSSR count). The maximum atomic E-state index is 10.6. The van der Waals surface area contributed by atoms with Crippen molar-refractivity contribution in [3.05, 3.63) is 46.1 Å². The van der Waals surface area contributed by atoms with Gasteiger partial charge in [-0.15, -0.1) is 0 Å². The number of aromatic nitrogens is 2. The lowest BCUT2D eigenvalue weighted by molar-refractivity contribution is 0.105. The number of hydrogen-bond acceptors (Lipinski definition) is 4. The molecule has 1 aliphatic rings. The molecule has 0 unspecified atom stereocenters. The van der Waals surface area contributed by atoms with Gasteiger partial charge in [-0.2, -0.15) is 5.10 Å². The molecule has 0 radical (unpaired) electrons. The standard InChI is InChI=1S/C18H24ClN3O2/c1-12-17(18(24-3)21(2)20-12)15-9-6-10-22(15)11-16(23)13-7-4-5-8-14(13)19/h4-5,7-8,15-16,23H,6,9-11H2,1-3H3/t15-,16+/m0/s1. The molecule has 0 bridgehead atoms. The van der Waals surface area contributed by atoms with Gasteiger partial charge in [-0.05, 0) is 32.4 Å². The van der Waals surface area contributed by atoms with Crippen LogP contribution >= 0.6 is 11.6 Å². The minimum atomic E-state index is -0.609. The van der Waals surface area contributed by atoms with Crippen LogP contribution in [-0.2, 0) is 7.05 Å². The van der Waals surface area contributed by atoms with E-state index in [1.807, 2.05) is 38.2 Å². The second-order valence-electron chi connectivity index (χ2n) is 6.32. The molecule has 2 atom stereocenters. The molecule has 1 aliphatic heterocycles. The summed E-state index contributed by atoms with van der Waals surface area (Å²) in [6.45, 7) is 3.51. The van der Waals surface area contributed by atoms with E-state index in [1.165, 1.54) is 0 Å². The minimum Gasteiger partial charge on any atom is -0.481 e. The average Bonchev–Trinajstić information content (AvgIpc) is 3.10. The van der Waals surface area contributed by atoms with Gasteiger partial charge in [0.05, 0.1) is 24.5 Å². The van der Waals surface area contributed by atoms with E-state index < -0.39 is 6.10 Å². The van der Waals surface area contributed by atoms with Gasteiger partial charge in [0.15, 0.2) is 0 Å². The Balaban J connectivity index is 1.83. The fraction of sp³-hybridized carbons (Fsp3) is 0.500. The van der Waals surface area contributed by atoms with Crippen LogP contribution in [0.4, 0.5) is 0 Å². The van der Waals surface area contributed by atoms with Crippen molar-refractivity contribution in [1.29, 1.82) is 0 Å². The van der Waals surface area contributed by atoms with Gasteiger partial charge in [0.25, 0.3) is 0 Å². The van der Waals surface area contributed by atoms with Crippen molar-refractivity contribution in [1.82, 2.24) is 14.7 Å². The van der Waals surface area contributed by atoms with Gasteiger partial charge < -0.3 is 9.84 Å². The van der Waals surface area contributed by atoms with E-state index in [0.29, 0.717) is 11.6 Å². The Hall–Kier alpha value is -1.56. The van der Waals surface area contributed by atoms with E-state index >= 15 is 0 Å². The fourth-order valence-electron chi connectivity index (χ4n) is 3.72. The zero-order valence-corrected chi connectivity index (χ0v) is 15.1. The number of methoxy groups -OCH3 is 1. The van der Waals surface area contributed by atoms with Crippen molar-refractivity contribution >= 4 is 11.6 Å². The Morgan fingerprint density at radius 2 is 2.17 bits per heavy atom. The number of β-amino-alcohol motifs (C(OH)–C–C–N with tert-alkyl or cyclic N) is 1. The van der Waals surface area contributed by atoms with Crippen molar-refractivity contribution in [2.24, 2.45) is 7.05 Å². The van der Waals surface area contributed by atoms with Crippen LogP contribution in [0.25, 0.3) is 0 Å². The molecule has 6 heteroatoms. The maximum Gasteiger partial charge on any atom is 0.216 e. The lowest BCUT2D eigenvalue weighted by Gasteiger charge is -2.27. The normalized spacial score (nSPS) is 19.6. The predicted molar refractivity (Wildman–Crippen MR) is 94.5 cm³/mol. The second-order valence-corrected chi connectivity index (χ2v) is 6.73. The van der Waals surface area contributed by atoms with Crippen LogP contribution in [0.2, 0.25) is 5.02 Å². The highest BCUT2D eigenvalue weighted by Crippen LogP contribution is 2.39. The zero-order chi connectivity index (χ0) is 17.3. The molecule has 1 saturated heterocycles. The van der Waals surface area contributed by atoms with Crippen LogP contribution < -0.4 is 4.74 Å². The fourth-order valence-corrected chi connectivity index (χ4v) is 3.98. The van der Waals surface area contributed by atoms with Gasteiger partial charge in [-0.25, -0.2) is 4.68 Å². The molecule has 2 heterocycles. The number of halogens is 1. The van der Waals surface area contributed by atoms with Crippen molar-refractivity contribution in [3.8, 4) is 5.88 Å². The third-order valence-corrected chi connectivity index (χ3v) is 5.12. The number of hydrogen-bond donors (Lipinski definition) is 1. The lowest BCUT2D eigenvalue weighted by atomic mass is 10.0. The summed E-state index contributed by atoms with van der Waals surface area (Å²) in [5.74, 6) is 0.802. The summed E-state index contributed by atoms with van der Waals surface area (Å²) in [4.78, 5) is 2.31. The minimum absolute atomic E-state index is 0.214. The Bertz CT molecular complexity index is 716. The molecule has 2 aromatic rings. The number of aliphatic hydroxyl groups is 1. The number of likely N-dealkylation sites (tertiary alicyclic amines) is 1. The Morgan fingerprint density at radius 1 is 1.42 bits per heavy atom. The summed E-state index contributed by atoms with van der Waals surface area (Å²) in [6, 6.07) is 7.69. The summed E-state index contributed by atoms with van der Waals surface area (Å²) in [6.07, 6.45) is 1.53. The number of benzene rings is 1. The topological polar surface area (TPSA) is 50.5 Å². The Kier molecular flexibility index (Phi) is 5.13. The number of nitrogens with zero attached hydrogens (tertiary/aromatic N) is 3. The third kappa shape index (κ3) is 3.16. The molecular weight excluding hydrogens is 326 g/mol. The summed E-state index contributed by atoms with van der Waals surface area (Å²) in [7, 11) is 3.57. The molecule has 0 amide bonds. The summed E-state index contributed by atoms with van der Waals surface area (Å²) >= 11 is 6.22. The molecule has 0 saturated carbocycles. The van der Waals surface area contributed by atoms with Crippen molar-refractivity contribution < 1.29 is 9.84 Å². The molecular formula is C18H24ClN3O2. The van der Waals surface area contributed by atoms with E-state index in [4.69, 9.17) is 16.3 Å². The third-order valence-electron chi connectivity index (χ3n) is 4.78. The lowest BCUT2D eigenvalue weighted by Crippen LogP contribution is -2.29. The van der Waals surface area contributed by atoms with E-state index in [-0.39, 0.29) is 6.04 Å². The zero-order valence-electron chi connectivity index (χ0n) is 14.4. The van der Waals surface area contributed by atoms with Crippen LogP contribution in [0, 0.1) is 6.92 Å². The molecule has 130 valence electrons. The second kappa shape index (κ2) is 7.13. The first-order valence-electron chi connectivity index (χ1n) is 8.27. The highest BCUT2D eigenvalue weighted by molar-refractivity contribution is 6.31. The quantitative estimate of drug-likeness (QED) is 0.900. The molecule has 24 heavy (non-hydrogen) atoms. The first kappa shape index (κ1) is 17.3. The predicted octanol–water partition coefficient (Wildman–Crippen LogP) is 3.26.